The van der Waals surface area contributed by atoms with Gasteiger partial charge in [-0.3, -0.25) is 4.31 Å². The summed E-state index contributed by atoms with van der Waals surface area (Å²) in [5.41, 5.74) is 6.06. The number of rotatable bonds is 13. The fourth-order valence-corrected chi connectivity index (χ4v) is 4.64. The molecule has 1 fully saturated rings. The average molecular weight is 529 g/mol. The van der Waals surface area contributed by atoms with Gasteiger partial charge in [0.1, 0.15) is 5.82 Å². The Balaban J connectivity index is 2.10. The first-order chi connectivity index (χ1) is 16.4. The second-order valence-electron chi connectivity index (χ2n) is 9.74. The Morgan fingerprint density at radius 1 is 1.37 bits per heavy atom. The normalized spacial score (nSPS) is 19.4. The van der Waals surface area contributed by atoms with Gasteiger partial charge < -0.3 is 19.8 Å². The molecular formula is C23H37ClN6O4S. The third-order valence-electron chi connectivity index (χ3n) is 6.54. The Hall–Kier alpha value is -1.95. The van der Waals surface area contributed by atoms with Gasteiger partial charge in [-0.1, -0.05) is 38.3 Å². The van der Waals surface area contributed by atoms with Gasteiger partial charge in [-0.15, -0.1) is 10.2 Å². The minimum Gasteiger partial charge on any atom is -0.419 e. The summed E-state index contributed by atoms with van der Waals surface area (Å²) in [5.74, 6) is 2.29. The molecule has 35 heavy (non-hydrogen) atoms. The van der Waals surface area contributed by atoms with Gasteiger partial charge in [-0.2, -0.15) is 0 Å². The number of aromatic nitrogens is 3. The summed E-state index contributed by atoms with van der Waals surface area (Å²) >= 11 is 6.70. The molecule has 196 valence electrons. The van der Waals surface area contributed by atoms with Crippen LogP contribution in [0.2, 0.25) is 5.02 Å². The molecule has 0 bridgehead atoms. The first kappa shape index (κ1) is 27.6. The lowest BCUT2D eigenvalue weighted by molar-refractivity contribution is 0.204. The lowest BCUT2D eigenvalue weighted by Crippen LogP contribution is -2.33. The third-order valence-corrected chi connectivity index (χ3v) is 8.08. The van der Waals surface area contributed by atoms with Crippen LogP contribution in [-0.2, 0) is 20.3 Å². The summed E-state index contributed by atoms with van der Waals surface area (Å²) in [5, 5.41) is 8.51. The number of nitrogens with zero attached hydrogens (tertiary/aromatic N) is 5. The quantitative estimate of drug-likeness (QED) is 0.414. The average Bonchev–Trinajstić information content (AvgIpc) is 3.26. The Morgan fingerprint density at radius 3 is 2.63 bits per heavy atom. The highest BCUT2D eigenvalue weighted by Crippen LogP contribution is 2.41. The van der Waals surface area contributed by atoms with Gasteiger partial charge in [0.2, 0.25) is 21.8 Å². The topological polar surface area (TPSA) is 128 Å². The molecule has 1 aliphatic carbocycles. The molecular weight excluding hydrogens is 492 g/mol. The molecule has 0 aliphatic heterocycles. The van der Waals surface area contributed by atoms with Crippen molar-refractivity contribution in [2.45, 2.75) is 52.0 Å². The van der Waals surface area contributed by atoms with Gasteiger partial charge in [0.15, 0.2) is 5.82 Å². The molecule has 0 saturated heterocycles. The number of sulfonamides is 1. The Bertz CT molecular complexity index is 1120. The molecule has 1 aliphatic rings. The maximum absolute atomic E-state index is 12.4. The molecule has 2 aromatic heterocycles. The number of halogens is 1. The summed E-state index contributed by atoms with van der Waals surface area (Å²) in [7, 11) is -0.568. The number of methoxy groups -OCH3 is 1. The van der Waals surface area contributed by atoms with Crippen molar-refractivity contribution in [2.75, 3.05) is 49.3 Å². The summed E-state index contributed by atoms with van der Waals surface area (Å²) in [6.45, 7) is 8.00. The number of nitrogens with two attached hydrogens (primary N) is 1. The van der Waals surface area contributed by atoms with Crippen molar-refractivity contribution >= 4 is 33.3 Å². The van der Waals surface area contributed by atoms with Crippen molar-refractivity contribution in [1.82, 2.24) is 15.2 Å². The zero-order valence-corrected chi connectivity index (χ0v) is 23.0. The predicted octanol–water partition coefficient (Wildman–Crippen LogP) is 3.65. The van der Waals surface area contributed by atoms with E-state index in [0.717, 1.165) is 36.4 Å². The van der Waals surface area contributed by atoms with Crippen molar-refractivity contribution in [1.29, 1.82) is 0 Å². The minimum atomic E-state index is -3.63. The summed E-state index contributed by atoms with van der Waals surface area (Å²) in [6.07, 6.45) is 4.84. The van der Waals surface area contributed by atoms with E-state index in [0.29, 0.717) is 48.7 Å². The van der Waals surface area contributed by atoms with E-state index in [1.165, 1.54) is 7.05 Å². The van der Waals surface area contributed by atoms with Crippen LogP contribution in [0, 0.1) is 11.8 Å². The highest BCUT2D eigenvalue weighted by atomic mass is 35.5. The van der Waals surface area contributed by atoms with Crippen LogP contribution in [0.5, 0.6) is 0 Å². The smallest absolute Gasteiger partial charge is 0.249 e. The molecule has 3 unspecified atom stereocenters. The van der Waals surface area contributed by atoms with E-state index in [2.05, 4.69) is 33.9 Å². The van der Waals surface area contributed by atoms with Crippen LogP contribution in [0.25, 0.3) is 11.5 Å². The van der Waals surface area contributed by atoms with E-state index < -0.39 is 15.6 Å². The molecule has 2 N–H and O–H groups in total. The van der Waals surface area contributed by atoms with E-state index in [-0.39, 0.29) is 16.7 Å². The molecule has 0 aromatic carbocycles. The van der Waals surface area contributed by atoms with E-state index >= 15 is 0 Å². The number of anilines is 2. The van der Waals surface area contributed by atoms with E-state index in [9.17, 15) is 8.42 Å². The maximum Gasteiger partial charge on any atom is 0.249 e. The number of unbranched alkanes of at least 4 members (excludes halogenated alkanes) is 1. The summed E-state index contributed by atoms with van der Waals surface area (Å²) < 4.78 is 37.1. The number of hydrogen-bond acceptors (Lipinski definition) is 9. The largest absolute Gasteiger partial charge is 0.419 e. The lowest BCUT2D eigenvalue weighted by Gasteiger charge is -2.26. The van der Waals surface area contributed by atoms with Crippen LogP contribution in [0.3, 0.4) is 0 Å². The van der Waals surface area contributed by atoms with Crippen molar-refractivity contribution in [3.05, 3.63) is 17.0 Å². The molecule has 3 rings (SSSR count). The summed E-state index contributed by atoms with van der Waals surface area (Å²) in [4.78, 5) is 6.74. The zero-order chi connectivity index (χ0) is 26.0. The van der Waals surface area contributed by atoms with E-state index in [4.69, 9.17) is 26.5 Å². The Morgan fingerprint density at radius 2 is 2.06 bits per heavy atom. The van der Waals surface area contributed by atoms with Crippen molar-refractivity contribution in [3.63, 3.8) is 0 Å². The van der Waals surface area contributed by atoms with Crippen LogP contribution in [0.1, 0.15) is 52.3 Å². The molecule has 2 aromatic rings. The predicted molar refractivity (Wildman–Crippen MR) is 138 cm³/mol. The molecule has 0 amide bonds. The van der Waals surface area contributed by atoms with Crippen LogP contribution in [0.4, 0.5) is 11.6 Å². The molecule has 2 heterocycles. The molecule has 1 saturated carbocycles. The maximum atomic E-state index is 12.4. The molecule has 0 spiro atoms. The lowest BCUT2D eigenvalue weighted by atomic mass is 9.96. The highest BCUT2D eigenvalue weighted by Gasteiger charge is 2.35. The van der Waals surface area contributed by atoms with Crippen LogP contribution < -0.4 is 14.9 Å². The second-order valence-corrected chi connectivity index (χ2v) is 12.1. The van der Waals surface area contributed by atoms with Gasteiger partial charge in [0.05, 0.1) is 29.0 Å². The molecule has 0 radical (unpaired) electrons. The monoisotopic (exact) mass is 528 g/mol. The van der Waals surface area contributed by atoms with Gasteiger partial charge >= 0.3 is 0 Å². The van der Waals surface area contributed by atoms with Crippen LogP contribution in [0.15, 0.2) is 10.5 Å². The van der Waals surface area contributed by atoms with Gasteiger partial charge in [-0.25, -0.2) is 13.4 Å². The van der Waals surface area contributed by atoms with E-state index in [1.807, 2.05) is 6.92 Å². The van der Waals surface area contributed by atoms with Crippen molar-refractivity contribution in [2.24, 2.45) is 17.6 Å². The highest BCUT2D eigenvalue weighted by molar-refractivity contribution is 7.92. The number of pyridine rings is 1. The standard InChI is InChI=1S/C23H37ClN6O4S/c1-7-8-9-23(3,25)22-28-27-21(34-22)17-13-18(26-20(19(17)24)29(4)35(6,31)32)30(10-11-33-5)14-16-12-15(16)2/h13,15-16H,7-12,14,25H2,1-6H3. The SMILES string of the molecule is CCCCC(C)(N)c1nnc(-c2cc(N(CCOC)CC3CC3C)nc(N(C)S(C)(=O)=O)c2Cl)o1. The number of ether oxygens (including phenoxy) is 1. The zero-order valence-electron chi connectivity index (χ0n) is 21.4. The second kappa shape index (κ2) is 11.0. The third kappa shape index (κ3) is 6.63. The summed E-state index contributed by atoms with van der Waals surface area (Å²) in [6, 6.07) is 1.77. The van der Waals surface area contributed by atoms with Crippen molar-refractivity contribution < 1.29 is 17.6 Å². The fraction of sp³-hybridized carbons (Fsp3) is 0.696. The van der Waals surface area contributed by atoms with E-state index in [1.54, 1.807) is 13.2 Å². The fourth-order valence-electron chi connectivity index (χ4n) is 3.84. The van der Waals surface area contributed by atoms with Gasteiger partial charge in [-0.05, 0) is 37.7 Å². The number of hydrogen-bond donors (Lipinski definition) is 1. The molecule has 12 heteroatoms. The first-order valence-electron chi connectivity index (χ1n) is 11.9. The molecule has 10 nitrogen and oxygen atoms in total. The Kier molecular flexibility index (Phi) is 8.67. The Labute approximate surface area is 213 Å². The van der Waals surface area contributed by atoms with Crippen LogP contribution >= 0.6 is 11.6 Å². The van der Waals surface area contributed by atoms with Crippen LogP contribution in [-0.4, -0.2) is 63.7 Å². The van der Waals surface area contributed by atoms with Gasteiger partial charge in [0.25, 0.3) is 0 Å². The minimum absolute atomic E-state index is 0.0918. The first-order valence-corrected chi connectivity index (χ1v) is 14.1. The van der Waals surface area contributed by atoms with Gasteiger partial charge in [0, 0.05) is 27.2 Å². The van der Waals surface area contributed by atoms with Crippen molar-refractivity contribution in [3.8, 4) is 11.5 Å². The molecule has 3 atom stereocenters.